The van der Waals surface area contributed by atoms with Crippen molar-refractivity contribution in [2.45, 2.75) is 18.9 Å². The Morgan fingerprint density at radius 1 is 1.36 bits per heavy atom. The molecular weight excluding hydrogens is 292 g/mol. The minimum Gasteiger partial charge on any atom is -0.469 e. The molecule has 0 radical (unpaired) electrons. The van der Waals surface area contributed by atoms with Gasteiger partial charge in [-0.25, -0.2) is 9.69 Å². The number of anilines is 1. The Kier molecular flexibility index (Phi) is 3.58. The van der Waals surface area contributed by atoms with Crippen LogP contribution in [0.15, 0.2) is 18.2 Å². The molecule has 2 aliphatic rings. The van der Waals surface area contributed by atoms with Crippen LogP contribution in [0.4, 0.5) is 10.5 Å². The minimum absolute atomic E-state index is 0.0577. The average Bonchev–Trinajstić information content (AvgIpc) is 3.08. The summed E-state index contributed by atoms with van der Waals surface area (Å²) in [6.07, 6.45) is 0.250. The number of benzene rings is 1. The van der Waals surface area contributed by atoms with E-state index >= 15 is 0 Å². The second-order valence-electron chi connectivity index (χ2n) is 4.83. The van der Waals surface area contributed by atoms with E-state index in [2.05, 4.69) is 10.1 Å². The lowest BCUT2D eigenvalue weighted by Crippen LogP contribution is -2.31. The zero-order valence-corrected chi connectivity index (χ0v) is 11.8. The van der Waals surface area contributed by atoms with Crippen molar-refractivity contribution in [3.05, 3.63) is 18.2 Å². The molecule has 1 aromatic carbocycles. The number of hydrogen-bond acceptors (Lipinski definition) is 6. The molecule has 3 rings (SSSR count). The van der Waals surface area contributed by atoms with E-state index in [0.717, 1.165) is 4.90 Å². The van der Waals surface area contributed by atoms with Crippen molar-refractivity contribution in [1.29, 1.82) is 0 Å². The number of rotatable bonds is 4. The van der Waals surface area contributed by atoms with Gasteiger partial charge in [0.25, 0.3) is 5.91 Å². The van der Waals surface area contributed by atoms with Crippen molar-refractivity contribution < 1.29 is 28.6 Å². The van der Waals surface area contributed by atoms with Gasteiger partial charge in [0.1, 0.15) is 6.04 Å². The number of esters is 1. The molecule has 22 heavy (non-hydrogen) atoms. The van der Waals surface area contributed by atoms with Crippen LogP contribution in [0.5, 0.6) is 11.5 Å². The monoisotopic (exact) mass is 306 g/mol. The number of carbonyl (C=O) groups excluding carboxylic acids is 3. The Morgan fingerprint density at radius 3 is 2.91 bits per heavy atom. The number of imide groups is 1. The average molecular weight is 306 g/mol. The molecule has 0 bridgehead atoms. The molecule has 8 heteroatoms. The summed E-state index contributed by atoms with van der Waals surface area (Å²) in [5, 5.41) is 2.56. The van der Waals surface area contributed by atoms with Crippen LogP contribution in [0.3, 0.4) is 0 Å². The Balaban J connectivity index is 1.75. The van der Waals surface area contributed by atoms with Gasteiger partial charge in [0, 0.05) is 12.5 Å². The highest BCUT2D eigenvalue weighted by Crippen LogP contribution is 2.36. The van der Waals surface area contributed by atoms with Gasteiger partial charge in [-0.15, -0.1) is 0 Å². The molecule has 1 aromatic rings. The summed E-state index contributed by atoms with van der Waals surface area (Å²) in [6, 6.07) is 3.55. The van der Waals surface area contributed by atoms with Crippen LogP contribution in [-0.4, -0.2) is 37.9 Å². The van der Waals surface area contributed by atoms with E-state index in [0.29, 0.717) is 17.2 Å². The van der Waals surface area contributed by atoms with Gasteiger partial charge in [-0.05, 0) is 18.6 Å². The number of urea groups is 1. The molecule has 0 unspecified atom stereocenters. The molecule has 0 saturated carbocycles. The number of nitrogens with zero attached hydrogens (tertiary/aromatic N) is 1. The Bertz CT molecular complexity index is 644. The third kappa shape index (κ3) is 2.43. The number of amides is 3. The molecule has 2 aliphatic heterocycles. The number of fused-ring (bicyclic) bond motifs is 1. The highest BCUT2D eigenvalue weighted by atomic mass is 16.7. The first-order valence-corrected chi connectivity index (χ1v) is 6.71. The van der Waals surface area contributed by atoms with Crippen LogP contribution in [0, 0.1) is 0 Å². The predicted molar refractivity (Wildman–Crippen MR) is 73.6 cm³/mol. The van der Waals surface area contributed by atoms with Gasteiger partial charge in [-0.3, -0.25) is 9.59 Å². The van der Waals surface area contributed by atoms with E-state index in [4.69, 9.17) is 9.47 Å². The maximum Gasteiger partial charge on any atom is 0.329 e. The molecule has 0 aliphatic carbocycles. The first-order chi connectivity index (χ1) is 10.6. The second-order valence-corrected chi connectivity index (χ2v) is 4.83. The first kappa shape index (κ1) is 14.2. The summed E-state index contributed by atoms with van der Waals surface area (Å²) in [6.45, 7) is 0.112. The largest absolute Gasteiger partial charge is 0.469 e. The molecular formula is C14H14N2O6. The summed E-state index contributed by atoms with van der Waals surface area (Å²) in [5.41, 5.74) is 0.396. The predicted octanol–water partition coefficient (Wildman–Crippen LogP) is 0.793. The van der Waals surface area contributed by atoms with Crippen molar-refractivity contribution in [1.82, 2.24) is 5.32 Å². The minimum atomic E-state index is -0.739. The van der Waals surface area contributed by atoms with Crippen molar-refractivity contribution in [2.75, 3.05) is 18.8 Å². The Morgan fingerprint density at radius 2 is 2.14 bits per heavy atom. The van der Waals surface area contributed by atoms with E-state index in [1.54, 1.807) is 18.2 Å². The lowest BCUT2D eigenvalue weighted by molar-refractivity contribution is -0.140. The summed E-state index contributed by atoms with van der Waals surface area (Å²) >= 11 is 0. The molecule has 1 N–H and O–H groups in total. The van der Waals surface area contributed by atoms with Crippen molar-refractivity contribution in [3.63, 3.8) is 0 Å². The lowest BCUT2D eigenvalue weighted by Gasteiger charge is -2.13. The molecule has 0 spiro atoms. The topological polar surface area (TPSA) is 94.2 Å². The summed E-state index contributed by atoms with van der Waals surface area (Å²) in [4.78, 5) is 36.5. The van der Waals surface area contributed by atoms with Crippen molar-refractivity contribution in [3.8, 4) is 11.5 Å². The fourth-order valence-corrected chi connectivity index (χ4v) is 2.36. The molecule has 3 amide bonds. The molecule has 8 nitrogen and oxygen atoms in total. The Hall–Kier alpha value is -2.77. The summed E-state index contributed by atoms with van der Waals surface area (Å²) in [5.74, 6) is 0.213. The number of carbonyl (C=O) groups is 3. The smallest absolute Gasteiger partial charge is 0.329 e. The fourth-order valence-electron chi connectivity index (χ4n) is 2.36. The SMILES string of the molecule is COC(=O)CC[C@H]1NC(=O)N(c2ccc3c(c2)OCO3)C1=O. The molecule has 2 heterocycles. The second kappa shape index (κ2) is 5.55. The molecule has 0 aromatic heterocycles. The number of nitrogens with one attached hydrogen (secondary N) is 1. The van der Waals surface area contributed by atoms with Gasteiger partial charge in [-0.2, -0.15) is 0 Å². The third-order valence-electron chi connectivity index (χ3n) is 3.50. The first-order valence-electron chi connectivity index (χ1n) is 6.71. The van der Waals surface area contributed by atoms with E-state index < -0.39 is 23.9 Å². The number of methoxy groups -OCH3 is 1. The maximum absolute atomic E-state index is 12.3. The van der Waals surface area contributed by atoms with E-state index in [9.17, 15) is 14.4 Å². The van der Waals surface area contributed by atoms with Crippen LogP contribution >= 0.6 is 0 Å². The zero-order chi connectivity index (χ0) is 15.7. The lowest BCUT2D eigenvalue weighted by atomic mass is 10.1. The van der Waals surface area contributed by atoms with Gasteiger partial charge in [0.15, 0.2) is 11.5 Å². The van der Waals surface area contributed by atoms with Crippen LogP contribution in [0.2, 0.25) is 0 Å². The van der Waals surface area contributed by atoms with Crippen LogP contribution < -0.4 is 19.7 Å². The maximum atomic E-state index is 12.3. The highest BCUT2D eigenvalue weighted by Gasteiger charge is 2.39. The van der Waals surface area contributed by atoms with Crippen LogP contribution in [0.1, 0.15) is 12.8 Å². The van der Waals surface area contributed by atoms with E-state index in [1.165, 1.54) is 7.11 Å². The van der Waals surface area contributed by atoms with Crippen molar-refractivity contribution >= 4 is 23.6 Å². The summed E-state index contributed by atoms with van der Waals surface area (Å²) in [7, 11) is 1.27. The van der Waals surface area contributed by atoms with Gasteiger partial charge in [-0.1, -0.05) is 0 Å². The zero-order valence-electron chi connectivity index (χ0n) is 11.8. The standard InChI is InChI=1S/C14H14N2O6/c1-20-12(17)5-3-9-13(18)16(14(19)15-9)8-2-4-10-11(6-8)22-7-21-10/h2,4,6,9H,3,5,7H2,1H3,(H,15,19)/t9-/m1/s1. The van der Waals surface area contributed by atoms with E-state index in [1.807, 2.05) is 0 Å². The summed E-state index contributed by atoms with van der Waals surface area (Å²) < 4.78 is 15.0. The fraction of sp³-hybridized carbons (Fsp3) is 0.357. The third-order valence-corrected chi connectivity index (χ3v) is 3.50. The van der Waals surface area contributed by atoms with Crippen LogP contribution in [-0.2, 0) is 14.3 Å². The van der Waals surface area contributed by atoms with Gasteiger partial charge in [0.2, 0.25) is 6.79 Å². The molecule has 1 atom stereocenters. The molecule has 1 fully saturated rings. The number of ether oxygens (including phenoxy) is 3. The molecule has 116 valence electrons. The van der Waals surface area contributed by atoms with Gasteiger partial charge in [0.05, 0.1) is 12.8 Å². The van der Waals surface area contributed by atoms with Crippen molar-refractivity contribution in [2.24, 2.45) is 0 Å². The normalized spacial score (nSPS) is 19.3. The van der Waals surface area contributed by atoms with E-state index in [-0.39, 0.29) is 19.6 Å². The Labute approximate surface area is 125 Å². The highest BCUT2D eigenvalue weighted by molar-refractivity contribution is 6.21. The molecule has 1 saturated heterocycles. The van der Waals surface area contributed by atoms with Crippen LogP contribution in [0.25, 0.3) is 0 Å². The number of hydrogen-bond donors (Lipinski definition) is 1. The van der Waals surface area contributed by atoms with Gasteiger partial charge >= 0.3 is 12.0 Å². The quantitative estimate of drug-likeness (QED) is 0.653. The van der Waals surface area contributed by atoms with Gasteiger partial charge < -0.3 is 19.5 Å².